The Kier molecular flexibility index (Phi) is 3.84. The Balaban J connectivity index is 2.37. The van der Waals surface area contributed by atoms with Crippen LogP contribution >= 0.6 is 0 Å². The topological polar surface area (TPSA) is 24.9 Å². The molecular weight excluding hydrogens is 160 g/mol. The molecule has 0 saturated carbocycles. The van der Waals surface area contributed by atoms with Crippen LogP contribution in [0.1, 0.15) is 18.4 Å². The zero-order chi connectivity index (χ0) is 9.52. The van der Waals surface area contributed by atoms with Crippen molar-refractivity contribution in [1.82, 2.24) is 4.98 Å². The Morgan fingerprint density at radius 2 is 2.46 bits per heavy atom. The van der Waals surface area contributed by atoms with Crippen LogP contribution in [0.3, 0.4) is 0 Å². The fourth-order valence-electron chi connectivity index (χ4n) is 1.07. The van der Waals surface area contributed by atoms with Crippen molar-refractivity contribution in [1.29, 1.82) is 0 Å². The summed E-state index contributed by atoms with van der Waals surface area (Å²) in [6.07, 6.45) is 8.74. The van der Waals surface area contributed by atoms with Crippen molar-refractivity contribution in [3.63, 3.8) is 0 Å². The van der Waals surface area contributed by atoms with Gasteiger partial charge < -0.3 is 5.32 Å². The lowest BCUT2D eigenvalue weighted by Crippen LogP contribution is -2.04. The summed E-state index contributed by atoms with van der Waals surface area (Å²) >= 11 is 0. The second kappa shape index (κ2) is 5.21. The molecule has 68 valence electrons. The number of hydrogen-bond donors (Lipinski definition) is 1. The molecule has 1 aromatic heterocycles. The van der Waals surface area contributed by atoms with Gasteiger partial charge in [-0.15, -0.1) is 12.3 Å². The number of aromatic nitrogens is 1. The normalized spacial score (nSPS) is 9.23. The van der Waals surface area contributed by atoms with Crippen molar-refractivity contribution < 1.29 is 0 Å². The van der Waals surface area contributed by atoms with Gasteiger partial charge in [-0.2, -0.15) is 0 Å². The lowest BCUT2D eigenvalue weighted by molar-refractivity contribution is 0.899. The summed E-state index contributed by atoms with van der Waals surface area (Å²) in [5.41, 5.74) is 1.17. The van der Waals surface area contributed by atoms with Crippen LogP contribution in [-0.4, -0.2) is 11.5 Å². The summed E-state index contributed by atoms with van der Waals surface area (Å²) in [6.45, 7) is 2.93. The third-order valence-electron chi connectivity index (χ3n) is 1.80. The molecule has 0 aliphatic carbocycles. The van der Waals surface area contributed by atoms with Crippen LogP contribution in [0.15, 0.2) is 18.3 Å². The average molecular weight is 174 g/mol. The molecule has 0 bridgehead atoms. The van der Waals surface area contributed by atoms with E-state index < -0.39 is 0 Å². The van der Waals surface area contributed by atoms with Crippen LogP contribution in [0, 0.1) is 19.3 Å². The van der Waals surface area contributed by atoms with Gasteiger partial charge in [0.2, 0.25) is 0 Å². The van der Waals surface area contributed by atoms with Crippen molar-refractivity contribution in [2.45, 2.75) is 19.8 Å². The van der Waals surface area contributed by atoms with Crippen molar-refractivity contribution >= 4 is 5.82 Å². The quantitative estimate of drug-likeness (QED) is 0.559. The van der Waals surface area contributed by atoms with Gasteiger partial charge in [0, 0.05) is 19.2 Å². The molecule has 1 rings (SSSR count). The predicted octanol–water partition coefficient (Wildman–Crippen LogP) is 2.22. The molecule has 2 nitrogen and oxygen atoms in total. The van der Waals surface area contributed by atoms with E-state index in [4.69, 9.17) is 6.42 Å². The highest BCUT2D eigenvalue weighted by molar-refractivity contribution is 5.42. The number of unbranched alkanes of at least 4 members (excludes halogenated alkanes) is 1. The SMILES string of the molecule is C#CCCCNc1ncccc1C. The maximum atomic E-state index is 5.14. The van der Waals surface area contributed by atoms with E-state index in [1.807, 2.05) is 19.1 Å². The minimum atomic E-state index is 0.818. The smallest absolute Gasteiger partial charge is 0.128 e. The molecule has 0 atom stereocenters. The van der Waals surface area contributed by atoms with E-state index in [0.717, 1.165) is 25.2 Å². The van der Waals surface area contributed by atoms with Crippen LogP contribution in [0.5, 0.6) is 0 Å². The largest absolute Gasteiger partial charge is 0.370 e. The predicted molar refractivity (Wildman–Crippen MR) is 55.5 cm³/mol. The number of nitrogens with zero attached hydrogens (tertiary/aromatic N) is 1. The van der Waals surface area contributed by atoms with Crippen LogP contribution in [0.4, 0.5) is 5.82 Å². The highest BCUT2D eigenvalue weighted by atomic mass is 15.0. The molecule has 0 radical (unpaired) electrons. The maximum Gasteiger partial charge on any atom is 0.128 e. The third kappa shape index (κ3) is 3.16. The molecule has 1 heterocycles. The molecule has 1 N–H and O–H groups in total. The molecule has 13 heavy (non-hydrogen) atoms. The van der Waals surface area contributed by atoms with E-state index >= 15 is 0 Å². The van der Waals surface area contributed by atoms with E-state index in [1.54, 1.807) is 6.20 Å². The minimum Gasteiger partial charge on any atom is -0.370 e. The number of terminal acetylenes is 1. The Labute approximate surface area is 79.4 Å². The molecule has 0 unspecified atom stereocenters. The van der Waals surface area contributed by atoms with Crippen LogP contribution in [0.25, 0.3) is 0 Å². The summed E-state index contributed by atoms with van der Waals surface area (Å²) in [5.74, 6) is 3.57. The van der Waals surface area contributed by atoms with Gasteiger partial charge in [-0.05, 0) is 25.0 Å². The molecule has 0 aliphatic rings. The molecular formula is C11H14N2. The molecule has 2 heteroatoms. The third-order valence-corrected chi connectivity index (χ3v) is 1.80. The zero-order valence-electron chi connectivity index (χ0n) is 7.88. The molecule has 0 aliphatic heterocycles. The second-order valence-electron chi connectivity index (χ2n) is 2.90. The van der Waals surface area contributed by atoms with Gasteiger partial charge >= 0.3 is 0 Å². The van der Waals surface area contributed by atoms with Gasteiger partial charge in [0.05, 0.1) is 0 Å². The molecule has 1 aromatic rings. The highest BCUT2D eigenvalue weighted by Gasteiger charge is 1.95. The summed E-state index contributed by atoms with van der Waals surface area (Å²) in [4.78, 5) is 4.21. The van der Waals surface area contributed by atoms with E-state index in [0.29, 0.717) is 0 Å². The summed E-state index contributed by atoms with van der Waals surface area (Å²) in [7, 11) is 0. The van der Waals surface area contributed by atoms with Gasteiger partial charge in [0.25, 0.3) is 0 Å². The number of nitrogens with one attached hydrogen (secondary N) is 1. The fourth-order valence-corrected chi connectivity index (χ4v) is 1.07. The Hall–Kier alpha value is -1.49. The van der Waals surface area contributed by atoms with E-state index in [-0.39, 0.29) is 0 Å². The van der Waals surface area contributed by atoms with Gasteiger partial charge in [-0.25, -0.2) is 4.98 Å². The van der Waals surface area contributed by atoms with E-state index in [9.17, 15) is 0 Å². The van der Waals surface area contributed by atoms with E-state index in [1.165, 1.54) is 5.56 Å². The first-order valence-corrected chi connectivity index (χ1v) is 4.43. The lowest BCUT2D eigenvalue weighted by atomic mass is 10.3. The monoisotopic (exact) mass is 174 g/mol. The highest BCUT2D eigenvalue weighted by Crippen LogP contribution is 2.08. The summed E-state index contributed by atoms with van der Waals surface area (Å²) < 4.78 is 0. The standard InChI is InChI=1S/C11H14N2/c1-3-4-5-8-12-11-10(2)7-6-9-13-11/h1,6-7,9H,4-5,8H2,2H3,(H,12,13). The molecule has 0 saturated heterocycles. The molecule has 0 spiro atoms. The number of anilines is 1. The Morgan fingerprint density at radius 1 is 1.62 bits per heavy atom. The van der Waals surface area contributed by atoms with Crippen molar-refractivity contribution in [3.8, 4) is 12.3 Å². The fraction of sp³-hybridized carbons (Fsp3) is 0.364. The Morgan fingerprint density at radius 3 is 3.15 bits per heavy atom. The zero-order valence-corrected chi connectivity index (χ0v) is 7.88. The number of aryl methyl sites for hydroxylation is 1. The number of hydrogen-bond acceptors (Lipinski definition) is 2. The van der Waals surface area contributed by atoms with E-state index in [2.05, 4.69) is 16.2 Å². The molecule has 0 fully saturated rings. The lowest BCUT2D eigenvalue weighted by Gasteiger charge is -2.06. The minimum absolute atomic E-state index is 0.818. The first-order chi connectivity index (χ1) is 6.34. The van der Waals surface area contributed by atoms with Crippen LogP contribution in [0.2, 0.25) is 0 Å². The maximum absolute atomic E-state index is 5.14. The van der Waals surface area contributed by atoms with Gasteiger partial charge in [-0.1, -0.05) is 6.07 Å². The van der Waals surface area contributed by atoms with Crippen LogP contribution in [-0.2, 0) is 0 Å². The van der Waals surface area contributed by atoms with Crippen molar-refractivity contribution in [2.24, 2.45) is 0 Å². The van der Waals surface area contributed by atoms with Crippen molar-refractivity contribution in [3.05, 3.63) is 23.9 Å². The van der Waals surface area contributed by atoms with Crippen LogP contribution < -0.4 is 5.32 Å². The first-order valence-electron chi connectivity index (χ1n) is 4.43. The Bertz CT molecular complexity index is 299. The van der Waals surface area contributed by atoms with Gasteiger partial charge in [0.15, 0.2) is 0 Å². The molecule has 0 aromatic carbocycles. The summed E-state index contributed by atoms with van der Waals surface area (Å²) in [5, 5.41) is 3.24. The summed E-state index contributed by atoms with van der Waals surface area (Å²) in [6, 6.07) is 3.97. The second-order valence-corrected chi connectivity index (χ2v) is 2.90. The number of rotatable bonds is 4. The average Bonchev–Trinajstić information content (AvgIpc) is 2.15. The van der Waals surface area contributed by atoms with Crippen molar-refractivity contribution in [2.75, 3.05) is 11.9 Å². The number of pyridine rings is 1. The van der Waals surface area contributed by atoms with Gasteiger partial charge in [-0.3, -0.25) is 0 Å². The van der Waals surface area contributed by atoms with Gasteiger partial charge in [0.1, 0.15) is 5.82 Å². The first kappa shape index (κ1) is 9.60. The molecule has 0 amide bonds.